The van der Waals surface area contributed by atoms with Gasteiger partial charge in [0.05, 0.1) is 19.7 Å². The van der Waals surface area contributed by atoms with Crippen LogP contribution in [-0.4, -0.2) is 31.5 Å². The second-order valence-electron chi connectivity index (χ2n) is 4.11. The largest absolute Gasteiger partial charge is 0.353 e. The second-order valence-corrected chi connectivity index (χ2v) is 4.11. The van der Waals surface area contributed by atoms with Gasteiger partial charge in [-0.15, -0.1) is 0 Å². The Balaban J connectivity index is 2.04. The number of anilines is 1. The third-order valence-electron chi connectivity index (χ3n) is 2.76. The number of rotatable bonds is 4. The smallest absolute Gasteiger partial charge is 0.246 e. The molecule has 2 rings (SSSR count). The monoisotopic (exact) mass is 249 g/mol. The Hall–Kier alpha value is -1.92. The minimum Gasteiger partial charge on any atom is -0.353 e. The number of nitrogens with two attached hydrogens (primary N) is 1. The molecule has 0 spiro atoms. The first-order chi connectivity index (χ1) is 8.69. The summed E-state index contributed by atoms with van der Waals surface area (Å²) in [7, 11) is 0. The molecule has 1 aliphatic heterocycles. The maximum Gasteiger partial charge on any atom is 0.246 e. The quantitative estimate of drug-likeness (QED) is 0.559. The van der Waals surface area contributed by atoms with E-state index in [4.69, 9.17) is 5.90 Å². The summed E-state index contributed by atoms with van der Waals surface area (Å²) < 4.78 is 0. The fourth-order valence-electron chi connectivity index (χ4n) is 1.87. The molecule has 1 aliphatic rings. The topological polar surface area (TPSA) is 84.7 Å². The Morgan fingerprint density at radius 3 is 2.33 bits per heavy atom. The maximum atomic E-state index is 11.3. The number of piperazine rings is 1. The first-order valence-corrected chi connectivity index (χ1v) is 5.67. The molecule has 1 aromatic rings. The van der Waals surface area contributed by atoms with Crippen molar-refractivity contribution in [1.29, 1.82) is 0 Å². The Bertz CT molecular complexity index is 428. The average Bonchev–Trinajstić information content (AvgIpc) is 2.36. The highest BCUT2D eigenvalue weighted by atomic mass is 16.6. The Kier molecular flexibility index (Phi) is 3.91. The number of nitrogens with one attached hydrogen (secondary N) is 1. The van der Waals surface area contributed by atoms with E-state index >= 15 is 0 Å². The van der Waals surface area contributed by atoms with Crippen molar-refractivity contribution in [3.63, 3.8) is 0 Å². The molecule has 0 saturated carbocycles. The number of amides is 2. The van der Waals surface area contributed by atoms with Crippen molar-refractivity contribution in [2.24, 2.45) is 5.90 Å². The molecule has 0 atom stereocenters. The minimum atomic E-state index is -0.271. The summed E-state index contributed by atoms with van der Waals surface area (Å²) in [6, 6.07) is 7.64. The summed E-state index contributed by atoms with van der Waals surface area (Å²) in [6.45, 7) is 0.873. The third kappa shape index (κ3) is 3.06. The van der Waals surface area contributed by atoms with E-state index in [1.165, 1.54) is 0 Å². The van der Waals surface area contributed by atoms with Crippen molar-refractivity contribution in [2.45, 2.75) is 6.42 Å². The van der Waals surface area contributed by atoms with Crippen LogP contribution < -0.4 is 16.1 Å². The third-order valence-corrected chi connectivity index (χ3v) is 2.76. The number of nitrogens with zero attached hydrogens (tertiary/aromatic N) is 1. The molecule has 0 radical (unpaired) electrons. The Labute approximate surface area is 105 Å². The zero-order valence-corrected chi connectivity index (χ0v) is 9.89. The van der Waals surface area contributed by atoms with Crippen molar-refractivity contribution in [2.75, 3.05) is 24.6 Å². The number of hydrogen-bond donors (Lipinski definition) is 2. The minimum absolute atomic E-state index is 0.205. The van der Waals surface area contributed by atoms with Crippen molar-refractivity contribution in [3.8, 4) is 0 Å². The van der Waals surface area contributed by atoms with Crippen LogP contribution in [0.5, 0.6) is 0 Å². The van der Waals surface area contributed by atoms with Gasteiger partial charge in [0, 0.05) is 5.69 Å². The molecule has 18 heavy (non-hydrogen) atoms. The lowest BCUT2D eigenvalue weighted by molar-refractivity contribution is -0.130. The highest BCUT2D eigenvalue weighted by Gasteiger charge is 2.22. The van der Waals surface area contributed by atoms with Crippen LogP contribution in [0.3, 0.4) is 0 Å². The summed E-state index contributed by atoms with van der Waals surface area (Å²) in [5.41, 5.74) is 1.95. The summed E-state index contributed by atoms with van der Waals surface area (Å²) in [4.78, 5) is 28.8. The van der Waals surface area contributed by atoms with Gasteiger partial charge in [-0.3, -0.25) is 14.9 Å². The van der Waals surface area contributed by atoms with Gasteiger partial charge in [0.2, 0.25) is 11.8 Å². The molecule has 6 nitrogen and oxygen atoms in total. The standard InChI is InChI=1S/C12H15N3O3/c13-18-6-5-9-1-3-10(4-2-9)15-7-11(16)14-12(17)8-15/h1-4H,5-8,13H2,(H,14,16,17). The Morgan fingerprint density at radius 1 is 1.17 bits per heavy atom. The van der Waals surface area contributed by atoms with Gasteiger partial charge < -0.3 is 9.74 Å². The molecule has 0 aliphatic carbocycles. The van der Waals surface area contributed by atoms with E-state index in [9.17, 15) is 9.59 Å². The van der Waals surface area contributed by atoms with Crippen molar-refractivity contribution >= 4 is 17.5 Å². The second kappa shape index (κ2) is 5.61. The summed E-state index contributed by atoms with van der Waals surface area (Å²) in [5, 5.41) is 2.27. The molecule has 2 amide bonds. The molecular formula is C12H15N3O3. The molecular weight excluding hydrogens is 234 g/mol. The van der Waals surface area contributed by atoms with Crippen LogP contribution in [0, 0.1) is 0 Å². The first kappa shape index (κ1) is 12.5. The number of benzene rings is 1. The van der Waals surface area contributed by atoms with Gasteiger partial charge >= 0.3 is 0 Å². The molecule has 0 bridgehead atoms. The number of carbonyl (C=O) groups is 2. The molecule has 0 aromatic heterocycles. The lowest BCUT2D eigenvalue weighted by Crippen LogP contribution is -2.51. The van der Waals surface area contributed by atoms with Gasteiger partial charge in [-0.05, 0) is 24.1 Å². The average molecular weight is 249 g/mol. The van der Waals surface area contributed by atoms with E-state index in [1.54, 1.807) is 4.90 Å². The van der Waals surface area contributed by atoms with E-state index in [0.717, 1.165) is 17.7 Å². The number of hydrogen-bond acceptors (Lipinski definition) is 5. The van der Waals surface area contributed by atoms with E-state index < -0.39 is 0 Å². The normalized spacial score (nSPS) is 15.7. The zero-order valence-electron chi connectivity index (χ0n) is 9.89. The molecule has 6 heteroatoms. The molecule has 0 unspecified atom stereocenters. The zero-order chi connectivity index (χ0) is 13.0. The molecule has 1 aromatic carbocycles. The van der Waals surface area contributed by atoms with Gasteiger partial charge in [-0.25, -0.2) is 5.90 Å². The maximum absolute atomic E-state index is 11.3. The predicted molar refractivity (Wildman–Crippen MR) is 65.6 cm³/mol. The molecule has 1 fully saturated rings. The van der Waals surface area contributed by atoms with E-state index in [0.29, 0.717) is 6.61 Å². The van der Waals surface area contributed by atoms with Crippen LogP contribution in [0.15, 0.2) is 24.3 Å². The van der Waals surface area contributed by atoms with Gasteiger partial charge in [0.1, 0.15) is 0 Å². The van der Waals surface area contributed by atoms with Crippen molar-refractivity contribution in [3.05, 3.63) is 29.8 Å². The number of imide groups is 1. The van der Waals surface area contributed by atoms with Crippen molar-refractivity contribution < 1.29 is 14.4 Å². The lowest BCUT2D eigenvalue weighted by atomic mass is 10.1. The van der Waals surface area contributed by atoms with Crippen LogP contribution in [-0.2, 0) is 20.8 Å². The molecule has 3 N–H and O–H groups in total. The predicted octanol–water partition coefficient (Wildman–Crippen LogP) is -0.418. The molecule has 1 saturated heterocycles. The van der Waals surface area contributed by atoms with Crippen LogP contribution >= 0.6 is 0 Å². The van der Waals surface area contributed by atoms with Gasteiger partial charge in [0.25, 0.3) is 0 Å². The van der Waals surface area contributed by atoms with Crippen LogP contribution in [0.2, 0.25) is 0 Å². The summed E-state index contributed by atoms with van der Waals surface area (Å²) >= 11 is 0. The fraction of sp³-hybridized carbons (Fsp3) is 0.333. The highest BCUT2D eigenvalue weighted by Crippen LogP contribution is 2.16. The van der Waals surface area contributed by atoms with Crippen LogP contribution in [0.25, 0.3) is 0 Å². The van der Waals surface area contributed by atoms with E-state index in [1.807, 2.05) is 24.3 Å². The van der Waals surface area contributed by atoms with E-state index in [-0.39, 0.29) is 24.9 Å². The van der Waals surface area contributed by atoms with Crippen LogP contribution in [0.1, 0.15) is 5.56 Å². The fourth-order valence-corrected chi connectivity index (χ4v) is 1.87. The molecule has 96 valence electrons. The first-order valence-electron chi connectivity index (χ1n) is 5.67. The van der Waals surface area contributed by atoms with Crippen molar-refractivity contribution in [1.82, 2.24) is 5.32 Å². The van der Waals surface area contributed by atoms with Gasteiger partial charge in [-0.2, -0.15) is 0 Å². The van der Waals surface area contributed by atoms with Gasteiger partial charge in [0.15, 0.2) is 0 Å². The lowest BCUT2D eigenvalue weighted by Gasteiger charge is -2.27. The summed E-state index contributed by atoms with van der Waals surface area (Å²) in [6.07, 6.45) is 0.732. The SMILES string of the molecule is NOCCc1ccc(N2CC(=O)NC(=O)C2)cc1. The Morgan fingerprint density at radius 2 is 1.78 bits per heavy atom. The number of carbonyl (C=O) groups excluding carboxylic acids is 2. The molecule has 1 heterocycles. The highest BCUT2D eigenvalue weighted by molar-refractivity contribution is 6.02. The summed E-state index contributed by atoms with van der Waals surface area (Å²) in [5.74, 6) is 4.42. The van der Waals surface area contributed by atoms with Crippen LogP contribution in [0.4, 0.5) is 5.69 Å². The van der Waals surface area contributed by atoms with E-state index in [2.05, 4.69) is 10.2 Å². The van der Waals surface area contributed by atoms with Gasteiger partial charge in [-0.1, -0.05) is 12.1 Å².